The predicted molar refractivity (Wildman–Crippen MR) is 279 cm³/mol. The normalized spacial score (nSPS) is 24.4. The first-order valence-corrected chi connectivity index (χ1v) is 25.4. The van der Waals surface area contributed by atoms with Crippen LogP contribution >= 0.6 is 22.6 Å². The molecule has 0 saturated carbocycles. The first-order valence-electron chi connectivity index (χ1n) is 24.3. The zero-order valence-corrected chi connectivity index (χ0v) is 42.1. The summed E-state index contributed by atoms with van der Waals surface area (Å²) in [5.74, 6) is -0.288. The number of ether oxygens (including phenoxy) is 8. The van der Waals surface area contributed by atoms with Crippen molar-refractivity contribution >= 4 is 22.6 Å². The lowest BCUT2D eigenvalue weighted by molar-refractivity contribution is -0.265. The number of rotatable bonds is 20. The van der Waals surface area contributed by atoms with E-state index in [1.165, 1.54) is 0 Å². The molecule has 2 heterocycles. The molecule has 7 aromatic rings. The van der Waals surface area contributed by atoms with Gasteiger partial charge in [-0.2, -0.15) is 0 Å². The van der Waals surface area contributed by atoms with Gasteiger partial charge in [0.1, 0.15) is 60.3 Å². The second kappa shape index (κ2) is 24.8. The van der Waals surface area contributed by atoms with Crippen molar-refractivity contribution in [1.82, 2.24) is 0 Å². The van der Waals surface area contributed by atoms with Crippen LogP contribution in [-0.2, 0) is 77.5 Å². The first-order chi connectivity index (χ1) is 34.8. The molecule has 0 spiro atoms. The molecule has 2 saturated heterocycles. The zero-order chi connectivity index (χ0) is 48.9. The minimum atomic E-state index is -0.907. The lowest BCUT2D eigenvalue weighted by Crippen LogP contribution is -2.56. The third-order valence-corrected chi connectivity index (χ3v) is 14.2. The van der Waals surface area contributed by atoms with Crippen LogP contribution in [0.1, 0.15) is 70.6 Å². The van der Waals surface area contributed by atoms with Crippen LogP contribution in [0.5, 0.6) is 11.5 Å². The number of phenolic OH excluding ortho intramolecular Hbond substituents is 2. The summed E-state index contributed by atoms with van der Waals surface area (Å²) in [5.41, 5.74) is 6.66. The highest BCUT2D eigenvalue weighted by Crippen LogP contribution is 2.49. The van der Waals surface area contributed by atoms with Crippen molar-refractivity contribution < 1.29 is 48.1 Å². The van der Waals surface area contributed by atoms with Gasteiger partial charge in [0.25, 0.3) is 0 Å². The van der Waals surface area contributed by atoms with Gasteiger partial charge in [-0.3, -0.25) is 0 Å². The van der Waals surface area contributed by atoms with Crippen molar-refractivity contribution in [2.24, 2.45) is 0 Å². The summed E-state index contributed by atoms with van der Waals surface area (Å²) in [6, 6.07) is 61.6. The lowest BCUT2D eigenvalue weighted by atomic mass is 9.86. The van der Waals surface area contributed by atoms with Crippen LogP contribution in [0.3, 0.4) is 0 Å². The van der Waals surface area contributed by atoms with E-state index in [1.54, 1.807) is 6.07 Å². The van der Waals surface area contributed by atoms with Gasteiger partial charge in [0, 0.05) is 11.1 Å². The van der Waals surface area contributed by atoms with Gasteiger partial charge in [-0.05, 0) is 75.9 Å². The standard InChI is InChI=1S/C60H61IO10/c1-40-53(64-34-42-21-9-3-10-22-42)57(66-36-44-25-13-5-14-26-44)59(68-38-46-29-17-7-18-30-46)55(70-40)48-33-49(52(63)50(61)51(48)62)56-60(69-39-47-31-19-8-20-32-47)58(67-37-45-27-15-6-16-28-45)54(41(2)71-56)65-35-43-23-11-4-12-24-43/h3-33,40-41,53-60,62-63H,34-39H2,1-2H3/t40?,41?,53-,54-,55+,56+,57?,58?,59?,60?/m0/s1. The number of benzene rings is 7. The third-order valence-electron chi connectivity index (χ3n) is 13.1. The van der Waals surface area contributed by atoms with E-state index in [9.17, 15) is 10.2 Å². The molecule has 10 atom stereocenters. The molecule has 11 heteroatoms. The van der Waals surface area contributed by atoms with E-state index in [0.717, 1.165) is 33.4 Å². The summed E-state index contributed by atoms with van der Waals surface area (Å²) < 4.78 is 55.6. The minimum Gasteiger partial charge on any atom is -0.506 e. The van der Waals surface area contributed by atoms with Gasteiger partial charge < -0.3 is 48.1 Å². The SMILES string of the molecule is CC1O[C@H](c2cc([C@H]3OC(C)[C@H](OCc4ccccc4)C(OCc4ccccc4)C3OCc3ccccc3)c(O)c(I)c2O)C(OCc2ccccc2)C(OCc2ccccc2)[C@H]1OCc1ccccc1. The number of halogens is 1. The van der Waals surface area contributed by atoms with E-state index in [-0.39, 0.29) is 41.5 Å². The topological polar surface area (TPSA) is 114 Å². The summed E-state index contributed by atoms with van der Waals surface area (Å²) in [5, 5.41) is 24.6. The number of hydrogen-bond acceptors (Lipinski definition) is 10. The monoisotopic (exact) mass is 1070 g/mol. The van der Waals surface area contributed by atoms with Gasteiger partial charge in [0.05, 0.1) is 55.4 Å². The quantitative estimate of drug-likeness (QED) is 0.0715. The molecule has 2 aliphatic heterocycles. The molecule has 368 valence electrons. The number of phenols is 2. The van der Waals surface area contributed by atoms with Gasteiger partial charge in [-0.1, -0.05) is 182 Å². The van der Waals surface area contributed by atoms with Gasteiger partial charge in [-0.15, -0.1) is 0 Å². The van der Waals surface area contributed by atoms with Crippen LogP contribution in [0.25, 0.3) is 0 Å². The molecule has 0 radical (unpaired) electrons. The second-order valence-corrected chi connectivity index (χ2v) is 19.2. The lowest BCUT2D eigenvalue weighted by Gasteiger charge is -2.47. The maximum atomic E-state index is 12.3. The molecule has 0 amide bonds. The van der Waals surface area contributed by atoms with Crippen molar-refractivity contribution in [2.75, 3.05) is 0 Å². The van der Waals surface area contributed by atoms with E-state index < -0.39 is 61.0 Å². The number of hydrogen-bond donors (Lipinski definition) is 2. The van der Waals surface area contributed by atoms with Crippen molar-refractivity contribution in [3.8, 4) is 11.5 Å². The van der Waals surface area contributed by atoms with E-state index in [4.69, 9.17) is 37.9 Å². The van der Waals surface area contributed by atoms with E-state index in [2.05, 4.69) is 0 Å². The molecule has 2 N–H and O–H groups in total. The van der Waals surface area contributed by atoms with Crippen molar-refractivity contribution in [3.63, 3.8) is 0 Å². The van der Waals surface area contributed by atoms with Gasteiger partial charge in [0.2, 0.25) is 0 Å². The van der Waals surface area contributed by atoms with Crippen LogP contribution in [0.15, 0.2) is 188 Å². The molecule has 0 bridgehead atoms. The Morgan fingerprint density at radius 1 is 0.352 bits per heavy atom. The van der Waals surface area contributed by atoms with Crippen LogP contribution in [0, 0.1) is 3.57 Å². The highest BCUT2D eigenvalue weighted by atomic mass is 127. The third kappa shape index (κ3) is 12.8. The fourth-order valence-electron chi connectivity index (χ4n) is 9.43. The van der Waals surface area contributed by atoms with Crippen molar-refractivity contribution in [2.45, 2.75) is 115 Å². The molecular formula is C60H61IO10. The van der Waals surface area contributed by atoms with Crippen molar-refractivity contribution in [1.29, 1.82) is 0 Å². The highest BCUT2D eigenvalue weighted by Gasteiger charge is 2.51. The maximum absolute atomic E-state index is 12.3. The Balaban J connectivity index is 1.12. The Kier molecular flexibility index (Phi) is 17.6. The maximum Gasteiger partial charge on any atom is 0.138 e. The Labute approximate surface area is 430 Å². The summed E-state index contributed by atoms with van der Waals surface area (Å²) in [6.07, 6.45) is -7.05. The molecule has 71 heavy (non-hydrogen) atoms. The second-order valence-electron chi connectivity index (χ2n) is 18.2. The fourth-order valence-corrected chi connectivity index (χ4v) is 10.1. The van der Waals surface area contributed by atoms with Gasteiger partial charge in [-0.25, -0.2) is 0 Å². The Hall–Kier alpha value is -5.45. The smallest absolute Gasteiger partial charge is 0.138 e. The van der Waals surface area contributed by atoms with Gasteiger partial charge >= 0.3 is 0 Å². The van der Waals surface area contributed by atoms with Crippen LogP contribution in [0.4, 0.5) is 0 Å². The van der Waals surface area contributed by atoms with E-state index in [1.807, 2.05) is 218 Å². The molecule has 0 aliphatic carbocycles. The van der Waals surface area contributed by atoms with Crippen molar-refractivity contribution in [3.05, 3.63) is 236 Å². The molecule has 9 rings (SSSR count). The molecule has 6 unspecified atom stereocenters. The summed E-state index contributed by atoms with van der Waals surface area (Å²) in [7, 11) is 0. The fraction of sp³-hybridized carbons (Fsp3) is 0.300. The summed E-state index contributed by atoms with van der Waals surface area (Å²) in [4.78, 5) is 0. The molecule has 7 aromatic carbocycles. The largest absolute Gasteiger partial charge is 0.506 e. The Bertz CT molecular complexity index is 2500. The molecule has 0 aromatic heterocycles. The summed E-state index contributed by atoms with van der Waals surface area (Å²) in [6.45, 7) is 5.56. The molecule has 2 aliphatic rings. The molecular weight excluding hydrogens is 1010 g/mol. The Morgan fingerprint density at radius 2 is 0.577 bits per heavy atom. The average Bonchev–Trinajstić information content (AvgIpc) is 3.41. The van der Waals surface area contributed by atoms with E-state index in [0.29, 0.717) is 24.3 Å². The van der Waals surface area contributed by atoms with Crippen LogP contribution < -0.4 is 0 Å². The minimum absolute atomic E-state index is 0.144. The van der Waals surface area contributed by atoms with Gasteiger partial charge in [0.15, 0.2) is 0 Å². The van der Waals surface area contributed by atoms with Crippen LogP contribution in [-0.4, -0.2) is 59.0 Å². The predicted octanol–water partition coefficient (Wildman–Crippen LogP) is 12.1. The molecule has 2 fully saturated rings. The molecule has 10 nitrogen and oxygen atoms in total. The van der Waals surface area contributed by atoms with E-state index >= 15 is 0 Å². The summed E-state index contributed by atoms with van der Waals surface area (Å²) >= 11 is 2.00. The van der Waals surface area contributed by atoms with Crippen LogP contribution in [0.2, 0.25) is 0 Å². The first kappa shape index (κ1) is 50.5. The zero-order valence-electron chi connectivity index (χ0n) is 40.0. The Morgan fingerprint density at radius 3 is 0.831 bits per heavy atom. The average molecular weight is 1070 g/mol. The highest BCUT2D eigenvalue weighted by molar-refractivity contribution is 14.1. The number of aromatic hydroxyl groups is 2.